The minimum Gasteiger partial charge on any atom is -0.330 e. The molecule has 2 aromatic carbocycles. The Morgan fingerprint density at radius 2 is 1.84 bits per heavy atom. The van der Waals surface area contributed by atoms with Gasteiger partial charge in [-0.2, -0.15) is 0 Å². The number of halogens is 1. The molecule has 0 fully saturated rings. The van der Waals surface area contributed by atoms with Crippen molar-refractivity contribution >= 4 is 34.9 Å². The van der Waals surface area contributed by atoms with Gasteiger partial charge in [-0.05, 0) is 49.2 Å². The Kier molecular flexibility index (Phi) is 6.25. The number of carbonyl (C=O) groups excluding carboxylic acids is 2. The lowest BCUT2D eigenvalue weighted by molar-refractivity contribution is -0.114. The number of anilines is 2. The van der Waals surface area contributed by atoms with Crippen LogP contribution < -0.4 is 21.5 Å². The fourth-order valence-corrected chi connectivity index (χ4v) is 2.45. The van der Waals surface area contributed by atoms with Gasteiger partial charge in [0, 0.05) is 17.6 Å². The van der Waals surface area contributed by atoms with E-state index in [0.29, 0.717) is 10.7 Å². The monoisotopic (exact) mass is 360 g/mol. The number of hydrazine groups is 1. The molecule has 4 N–H and O–H groups in total. The number of nitrogens with one attached hydrogen (secondary N) is 4. The summed E-state index contributed by atoms with van der Waals surface area (Å²) in [6, 6.07) is 12.1. The normalized spacial score (nSPS) is 11.4. The molecule has 1 atom stereocenters. The van der Waals surface area contributed by atoms with Crippen LogP contribution in [0.15, 0.2) is 42.5 Å². The van der Waals surface area contributed by atoms with E-state index in [9.17, 15) is 9.59 Å². The Bertz CT molecular complexity index is 779. The molecular weight excluding hydrogens is 340 g/mol. The maximum atomic E-state index is 12.1. The standard InChI is InChI=1S/C18H21ClN4O2/c1-11-16(19)8-5-9-17(11)22-23-18(25)20-12(2)14-6-4-7-15(10-14)21-13(3)24/h4-10,12,22H,1-3H3,(H,21,24)(H2,20,23,25)/t12-/m1/s1. The molecule has 3 amide bonds. The van der Waals surface area contributed by atoms with Gasteiger partial charge in [-0.15, -0.1) is 0 Å². The molecule has 2 rings (SSSR count). The van der Waals surface area contributed by atoms with Crippen molar-refractivity contribution in [1.82, 2.24) is 10.7 Å². The third-order valence-corrected chi connectivity index (χ3v) is 4.04. The summed E-state index contributed by atoms with van der Waals surface area (Å²) in [5, 5.41) is 6.16. The molecule has 0 bridgehead atoms. The molecule has 0 unspecified atom stereocenters. The maximum absolute atomic E-state index is 12.1. The minimum absolute atomic E-state index is 0.142. The van der Waals surface area contributed by atoms with E-state index in [4.69, 9.17) is 11.6 Å². The Morgan fingerprint density at radius 1 is 1.12 bits per heavy atom. The van der Waals surface area contributed by atoms with Gasteiger partial charge in [0.15, 0.2) is 0 Å². The summed E-state index contributed by atoms with van der Waals surface area (Å²) in [5.74, 6) is -0.142. The van der Waals surface area contributed by atoms with Crippen LogP contribution in [0.4, 0.5) is 16.2 Å². The van der Waals surface area contributed by atoms with Gasteiger partial charge in [-0.1, -0.05) is 29.8 Å². The topological polar surface area (TPSA) is 82.3 Å². The average Bonchev–Trinajstić information content (AvgIpc) is 2.56. The summed E-state index contributed by atoms with van der Waals surface area (Å²) in [6.45, 7) is 5.17. The van der Waals surface area contributed by atoms with Gasteiger partial charge in [0.2, 0.25) is 5.91 Å². The van der Waals surface area contributed by atoms with Crippen LogP contribution in [-0.2, 0) is 4.79 Å². The number of carbonyl (C=O) groups is 2. The summed E-state index contributed by atoms with van der Waals surface area (Å²) in [7, 11) is 0. The first-order valence-electron chi connectivity index (χ1n) is 7.82. The number of hydrogen-bond donors (Lipinski definition) is 4. The van der Waals surface area contributed by atoms with Crippen LogP contribution in [0.2, 0.25) is 5.02 Å². The van der Waals surface area contributed by atoms with Crippen LogP contribution in [0.5, 0.6) is 0 Å². The van der Waals surface area contributed by atoms with Crippen LogP contribution in [0.3, 0.4) is 0 Å². The van der Waals surface area contributed by atoms with Gasteiger partial charge >= 0.3 is 6.03 Å². The second kappa shape index (κ2) is 8.39. The van der Waals surface area contributed by atoms with E-state index in [1.165, 1.54) is 6.92 Å². The van der Waals surface area contributed by atoms with Crippen molar-refractivity contribution in [2.24, 2.45) is 0 Å². The Labute approximate surface area is 151 Å². The molecule has 0 aliphatic carbocycles. The Morgan fingerprint density at radius 3 is 2.56 bits per heavy atom. The zero-order chi connectivity index (χ0) is 18.4. The van der Waals surface area contributed by atoms with E-state index in [2.05, 4.69) is 21.5 Å². The second-order valence-electron chi connectivity index (χ2n) is 5.66. The van der Waals surface area contributed by atoms with E-state index in [1.54, 1.807) is 18.2 Å². The first kappa shape index (κ1) is 18.6. The van der Waals surface area contributed by atoms with E-state index >= 15 is 0 Å². The lowest BCUT2D eigenvalue weighted by atomic mass is 10.1. The van der Waals surface area contributed by atoms with Gasteiger partial charge in [-0.25, -0.2) is 4.79 Å². The molecule has 7 heteroatoms. The van der Waals surface area contributed by atoms with Gasteiger partial charge in [0.25, 0.3) is 0 Å². The highest BCUT2D eigenvalue weighted by molar-refractivity contribution is 6.31. The number of amides is 3. The van der Waals surface area contributed by atoms with E-state index in [-0.39, 0.29) is 18.0 Å². The van der Waals surface area contributed by atoms with Crippen molar-refractivity contribution in [3.63, 3.8) is 0 Å². The highest BCUT2D eigenvalue weighted by Crippen LogP contribution is 2.22. The van der Waals surface area contributed by atoms with Crippen molar-refractivity contribution in [3.05, 3.63) is 58.6 Å². The van der Waals surface area contributed by atoms with Crippen molar-refractivity contribution in [3.8, 4) is 0 Å². The molecule has 2 aromatic rings. The summed E-state index contributed by atoms with van der Waals surface area (Å²) in [4.78, 5) is 23.2. The van der Waals surface area contributed by atoms with Crippen LogP contribution in [-0.4, -0.2) is 11.9 Å². The lowest BCUT2D eigenvalue weighted by Crippen LogP contribution is -2.40. The van der Waals surface area contributed by atoms with E-state index in [0.717, 1.165) is 16.8 Å². The van der Waals surface area contributed by atoms with Crippen LogP contribution >= 0.6 is 11.6 Å². The SMILES string of the molecule is CC(=O)Nc1cccc([C@@H](C)NC(=O)NNc2cccc(Cl)c2C)c1. The summed E-state index contributed by atoms with van der Waals surface area (Å²) in [6.07, 6.45) is 0. The number of benzene rings is 2. The molecule has 0 spiro atoms. The van der Waals surface area contributed by atoms with Gasteiger partial charge in [-0.3, -0.25) is 15.6 Å². The first-order chi connectivity index (χ1) is 11.9. The van der Waals surface area contributed by atoms with E-state index in [1.807, 2.05) is 38.1 Å². The third kappa shape index (κ3) is 5.39. The van der Waals surface area contributed by atoms with E-state index < -0.39 is 0 Å². The smallest absolute Gasteiger partial charge is 0.330 e. The molecule has 132 valence electrons. The maximum Gasteiger partial charge on any atom is 0.333 e. The molecule has 0 aromatic heterocycles. The van der Waals surface area contributed by atoms with Gasteiger partial charge in [0.1, 0.15) is 0 Å². The summed E-state index contributed by atoms with van der Waals surface area (Å²) >= 11 is 6.05. The lowest BCUT2D eigenvalue weighted by Gasteiger charge is -2.17. The van der Waals surface area contributed by atoms with Crippen LogP contribution in [0.25, 0.3) is 0 Å². The van der Waals surface area contributed by atoms with Crippen molar-refractivity contribution in [2.45, 2.75) is 26.8 Å². The third-order valence-electron chi connectivity index (χ3n) is 3.63. The predicted octanol–water partition coefficient (Wildman–Crippen LogP) is 3.99. The first-order valence-corrected chi connectivity index (χ1v) is 8.20. The number of rotatable bonds is 5. The molecule has 0 saturated carbocycles. The zero-order valence-corrected chi connectivity index (χ0v) is 15.1. The van der Waals surface area contributed by atoms with Crippen molar-refractivity contribution in [2.75, 3.05) is 10.7 Å². The average molecular weight is 361 g/mol. The number of hydrogen-bond acceptors (Lipinski definition) is 3. The molecule has 6 nitrogen and oxygen atoms in total. The molecule has 25 heavy (non-hydrogen) atoms. The van der Waals surface area contributed by atoms with Gasteiger partial charge < -0.3 is 10.6 Å². The predicted molar refractivity (Wildman–Crippen MR) is 101 cm³/mol. The highest BCUT2D eigenvalue weighted by atomic mass is 35.5. The number of urea groups is 1. The fourth-order valence-electron chi connectivity index (χ4n) is 2.27. The molecule has 0 heterocycles. The molecule has 0 saturated heterocycles. The molecule has 0 aliphatic rings. The van der Waals surface area contributed by atoms with Crippen molar-refractivity contribution in [1.29, 1.82) is 0 Å². The van der Waals surface area contributed by atoms with Gasteiger partial charge in [0.05, 0.1) is 11.7 Å². The molecular formula is C18H21ClN4O2. The summed E-state index contributed by atoms with van der Waals surface area (Å²) < 4.78 is 0. The fraction of sp³-hybridized carbons (Fsp3) is 0.222. The Balaban J connectivity index is 1.93. The largest absolute Gasteiger partial charge is 0.333 e. The molecule has 0 radical (unpaired) electrons. The quantitative estimate of drug-likeness (QED) is 0.608. The second-order valence-corrected chi connectivity index (χ2v) is 6.07. The summed E-state index contributed by atoms with van der Waals surface area (Å²) in [5.41, 5.74) is 8.57. The molecule has 0 aliphatic heterocycles. The van der Waals surface area contributed by atoms with Crippen molar-refractivity contribution < 1.29 is 9.59 Å². The minimum atomic E-state index is -0.378. The van der Waals surface area contributed by atoms with Crippen LogP contribution in [0, 0.1) is 6.92 Å². The zero-order valence-electron chi connectivity index (χ0n) is 14.3. The Hall–Kier alpha value is -2.73. The van der Waals surface area contributed by atoms with Crippen LogP contribution in [0.1, 0.15) is 31.0 Å². The highest BCUT2D eigenvalue weighted by Gasteiger charge is 2.10.